The van der Waals surface area contributed by atoms with Gasteiger partial charge in [-0.2, -0.15) is 0 Å². The minimum Gasteiger partial charge on any atom is -0.493 e. The molecule has 0 unspecified atom stereocenters. The molecule has 0 N–H and O–H groups in total. The molecule has 3 rings (SSSR count). The number of benzene rings is 2. The minimum absolute atomic E-state index is 0. The number of hydrogen-bond acceptors (Lipinski definition) is 0. The van der Waals surface area contributed by atoms with Crippen molar-refractivity contribution in [3.63, 3.8) is 0 Å². The molecule has 0 bridgehead atoms. The van der Waals surface area contributed by atoms with Crippen LogP contribution < -0.4 is 0 Å². The third-order valence-corrected chi connectivity index (χ3v) is 7.24. The van der Waals surface area contributed by atoms with E-state index >= 15 is 0 Å². The van der Waals surface area contributed by atoms with Gasteiger partial charge in [0, 0.05) is 38.8 Å². The van der Waals surface area contributed by atoms with E-state index in [1.54, 1.807) is 0 Å². The van der Waals surface area contributed by atoms with Crippen LogP contribution in [-0.2, 0) is 29.3 Å². The molecule has 0 spiro atoms. The number of hydrogen-bond donors (Lipinski definition) is 0. The second-order valence-electron chi connectivity index (χ2n) is 10.1. The van der Waals surface area contributed by atoms with Crippen LogP contribution in [0.2, 0.25) is 0 Å². The van der Waals surface area contributed by atoms with Gasteiger partial charge in [-0.3, -0.25) is 0 Å². The van der Waals surface area contributed by atoms with Crippen molar-refractivity contribution in [3.8, 4) is 0 Å². The first kappa shape index (κ1) is 30.2. The van der Waals surface area contributed by atoms with E-state index in [0.29, 0.717) is 0 Å². The van der Waals surface area contributed by atoms with Gasteiger partial charge in [0.25, 0.3) is 0 Å². The van der Waals surface area contributed by atoms with Crippen molar-refractivity contribution in [1.82, 2.24) is 0 Å². The van der Waals surface area contributed by atoms with Crippen LogP contribution in [0.4, 0.5) is 0 Å². The molecule has 1 aliphatic heterocycles. The van der Waals surface area contributed by atoms with Crippen LogP contribution in [0, 0.1) is 0 Å². The summed E-state index contributed by atoms with van der Waals surface area (Å²) in [5.74, 6) is 0. The van der Waals surface area contributed by atoms with Gasteiger partial charge in [-0.25, -0.2) is 4.70 Å². The molecule has 0 amide bonds. The third kappa shape index (κ3) is 7.75. The maximum Gasteiger partial charge on any atom is 0.211 e. The van der Waals surface area contributed by atoms with E-state index < -0.39 is 0 Å². The molecule has 0 aliphatic carbocycles. The normalized spacial score (nSPS) is 13.5. The van der Waals surface area contributed by atoms with Crippen molar-refractivity contribution in [2.45, 2.75) is 111 Å². The molecule has 2 nitrogen and oxygen atoms in total. The van der Waals surface area contributed by atoms with Crippen molar-refractivity contribution in [2.24, 2.45) is 0 Å². The van der Waals surface area contributed by atoms with E-state index in [9.17, 15) is 5.53 Å². The Bertz CT molecular complexity index is 1030. The van der Waals surface area contributed by atoms with Crippen LogP contribution in [0.5, 0.6) is 0 Å². The third-order valence-electron chi connectivity index (χ3n) is 7.24. The Balaban J connectivity index is 0.00000456. The van der Waals surface area contributed by atoms with Gasteiger partial charge in [0.1, 0.15) is 0 Å². The maximum atomic E-state index is 11.7. The second-order valence-corrected chi connectivity index (χ2v) is 10.1. The summed E-state index contributed by atoms with van der Waals surface area (Å²) in [7, 11) is 0. The molecule has 2 aromatic rings. The van der Waals surface area contributed by atoms with Gasteiger partial charge >= 0.3 is 0 Å². The predicted molar refractivity (Wildman–Crippen MR) is 151 cm³/mol. The molecule has 198 valence electrons. The zero-order valence-corrected chi connectivity index (χ0v) is 24.0. The first-order valence-corrected chi connectivity index (χ1v) is 14.3. The fourth-order valence-corrected chi connectivity index (χ4v) is 5.16. The molecule has 0 saturated heterocycles. The minimum atomic E-state index is 0. The molecule has 1 heterocycles. The molecule has 0 saturated carbocycles. The first-order chi connectivity index (χ1) is 17.1. The molecule has 3 heteroatoms. The molecular weight excluding hydrogens is 483 g/mol. The summed E-state index contributed by atoms with van der Waals surface area (Å²) in [6.45, 7) is 9.01. The monoisotopic (exact) mass is 528 g/mol. The van der Waals surface area contributed by atoms with E-state index in [4.69, 9.17) is 0 Å². The summed E-state index contributed by atoms with van der Waals surface area (Å²) >= 11 is 0. The molecule has 0 atom stereocenters. The summed E-state index contributed by atoms with van der Waals surface area (Å²) in [6.07, 6.45) is 15.0. The summed E-state index contributed by atoms with van der Waals surface area (Å²) in [5, 5.41) is 0. The largest absolute Gasteiger partial charge is 0.493 e. The van der Waals surface area contributed by atoms with Crippen molar-refractivity contribution < 1.29 is 21.2 Å². The molecule has 0 radical (unpaired) electrons. The molecule has 1 aliphatic rings. The Morgan fingerprint density at radius 1 is 0.556 bits per heavy atom. The van der Waals surface area contributed by atoms with Crippen LogP contribution in [0.25, 0.3) is 16.9 Å². The zero-order chi connectivity index (χ0) is 25.0. The number of nitrogens with zero attached hydrogens (tertiary/aromatic N) is 2. The summed E-state index contributed by atoms with van der Waals surface area (Å²) in [6, 6.07) is 17.8. The van der Waals surface area contributed by atoms with Crippen LogP contribution in [-0.4, -0.2) is 4.70 Å². The Labute approximate surface area is 230 Å². The summed E-state index contributed by atoms with van der Waals surface area (Å²) in [4.78, 5) is 0. The Morgan fingerprint density at radius 3 is 1.67 bits per heavy atom. The van der Waals surface area contributed by atoms with Gasteiger partial charge in [-0.15, -0.1) is 0 Å². The number of unbranched alkanes of at least 4 members (excludes halogenated alkanes) is 5. The fraction of sp³-hybridized carbons (Fsp3) is 0.515. The van der Waals surface area contributed by atoms with Crippen molar-refractivity contribution in [2.75, 3.05) is 0 Å². The van der Waals surface area contributed by atoms with Gasteiger partial charge in [-0.1, -0.05) is 84.1 Å². The van der Waals surface area contributed by atoms with E-state index in [-0.39, 0.29) is 16.5 Å². The van der Waals surface area contributed by atoms with Crippen LogP contribution in [0.3, 0.4) is 0 Å². The Kier molecular flexibility index (Phi) is 13.4. The van der Waals surface area contributed by atoms with Crippen LogP contribution in [0.15, 0.2) is 59.7 Å². The quantitative estimate of drug-likeness (QED) is 0.125. The molecular formula is C33H46N2Ni. The molecule has 0 fully saturated rings. The van der Waals surface area contributed by atoms with Crippen LogP contribution in [0.1, 0.15) is 121 Å². The van der Waals surface area contributed by atoms with E-state index in [1.165, 1.54) is 59.1 Å². The Morgan fingerprint density at radius 2 is 1.08 bits per heavy atom. The summed E-state index contributed by atoms with van der Waals surface area (Å²) in [5.41, 5.74) is 21.4. The van der Waals surface area contributed by atoms with Crippen molar-refractivity contribution in [1.29, 1.82) is 0 Å². The molecule has 0 aromatic heterocycles. The fourth-order valence-electron chi connectivity index (χ4n) is 5.16. The van der Waals surface area contributed by atoms with Gasteiger partial charge in [0.05, 0.1) is 0 Å². The van der Waals surface area contributed by atoms with Gasteiger partial charge in [0.15, 0.2) is 0 Å². The first-order valence-electron chi connectivity index (χ1n) is 14.3. The number of aryl methyl sites for hydroxylation is 2. The topological polar surface area (TPSA) is 25.3 Å². The van der Waals surface area contributed by atoms with E-state index in [1.807, 2.05) is 0 Å². The van der Waals surface area contributed by atoms with Crippen molar-refractivity contribution in [3.05, 3.63) is 87.5 Å². The van der Waals surface area contributed by atoms with Crippen LogP contribution >= 0.6 is 0 Å². The molecule has 2 aromatic carbocycles. The zero-order valence-electron chi connectivity index (χ0n) is 23.0. The average Bonchev–Trinajstić information content (AvgIpc) is 3.16. The number of allylic oxidation sites excluding steroid dienone is 2. The predicted octanol–water partition coefficient (Wildman–Crippen LogP) is 10.3. The summed E-state index contributed by atoms with van der Waals surface area (Å²) < 4.78 is 1.53. The second kappa shape index (κ2) is 16.0. The van der Waals surface area contributed by atoms with E-state index in [0.717, 1.165) is 73.9 Å². The van der Waals surface area contributed by atoms with Gasteiger partial charge in [-0.05, 0) is 86.8 Å². The standard InChI is InChI=1S/C33H46N2.Ni/c1-5-9-13-16-26-21-23-28(24-22-26)32-30(19-11-7-3)31(20-12-8-4)33(35(32)34)29-18-14-17-27(25-29)15-10-6-2;/h14,17-18,21-25H,5-13,15-16,19-20H2,1-4H3;. The van der Waals surface area contributed by atoms with Crippen molar-refractivity contribution >= 4 is 11.4 Å². The maximum absolute atomic E-state index is 11.7. The smallest absolute Gasteiger partial charge is 0.211 e. The average molecular weight is 529 g/mol. The number of rotatable bonds is 15. The van der Waals surface area contributed by atoms with Gasteiger partial charge < -0.3 is 5.53 Å². The molecule has 36 heavy (non-hydrogen) atoms. The van der Waals surface area contributed by atoms with E-state index in [2.05, 4.69) is 76.2 Å². The Hall–Kier alpha value is -1.99. The SMILES string of the molecule is CCCCCc1ccc(C2=C(CCCC)C(CCCC)=C(c3cccc(CCCC)c3)[N+]2=[N-])cc1.[Ni]. The van der Waals surface area contributed by atoms with Gasteiger partial charge in [0.2, 0.25) is 11.4 Å².